The van der Waals surface area contributed by atoms with Crippen molar-refractivity contribution in [3.05, 3.63) is 47.6 Å². The summed E-state index contributed by atoms with van der Waals surface area (Å²) in [6.07, 6.45) is 1.61. The first-order valence-electron chi connectivity index (χ1n) is 5.93. The van der Waals surface area contributed by atoms with Crippen molar-refractivity contribution in [2.75, 3.05) is 13.7 Å². The summed E-state index contributed by atoms with van der Waals surface area (Å²) in [5.41, 5.74) is 7.03. The van der Waals surface area contributed by atoms with Crippen LogP contribution in [0.3, 0.4) is 0 Å². The molecule has 0 saturated carbocycles. The number of aromatic nitrogens is 2. The normalized spacial score (nSPS) is 12.6. The van der Waals surface area contributed by atoms with E-state index in [1.54, 1.807) is 7.11 Å². The standard InChI is InChI=1S/C13H17N3O2/c1-17-9-5-8-11-15-13(18-16-11)12(14)10-6-3-2-4-7-10/h2-4,6-7,12H,5,8-9,14H2,1H3. The second-order valence-electron chi connectivity index (χ2n) is 4.03. The number of hydrogen-bond donors (Lipinski definition) is 1. The predicted molar refractivity (Wildman–Crippen MR) is 67.0 cm³/mol. The van der Waals surface area contributed by atoms with Gasteiger partial charge in [0.2, 0.25) is 5.89 Å². The van der Waals surface area contributed by atoms with E-state index in [4.69, 9.17) is 15.0 Å². The fraction of sp³-hybridized carbons (Fsp3) is 0.385. The first-order valence-corrected chi connectivity index (χ1v) is 5.93. The van der Waals surface area contributed by atoms with Crippen molar-refractivity contribution in [3.63, 3.8) is 0 Å². The van der Waals surface area contributed by atoms with Gasteiger partial charge in [-0.3, -0.25) is 0 Å². The zero-order chi connectivity index (χ0) is 12.8. The van der Waals surface area contributed by atoms with Crippen LogP contribution in [0.2, 0.25) is 0 Å². The van der Waals surface area contributed by atoms with E-state index in [9.17, 15) is 0 Å². The second-order valence-corrected chi connectivity index (χ2v) is 4.03. The molecule has 0 aliphatic carbocycles. The van der Waals surface area contributed by atoms with Crippen molar-refractivity contribution in [1.29, 1.82) is 0 Å². The molecule has 0 amide bonds. The molecule has 5 nitrogen and oxygen atoms in total. The average molecular weight is 247 g/mol. The summed E-state index contributed by atoms with van der Waals surface area (Å²) in [6, 6.07) is 9.34. The predicted octanol–water partition coefficient (Wildman–Crippen LogP) is 1.70. The lowest BCUT2D eigenvalue weighted by Crippen LogP contribution is -2.12. The molecule has 1 aromatic heterocycles. The van der Waals surface area contributed by atoms with Gasteiger partial charge < -0.3 is 15.0 Å². The topological polar surface area (TPSA) is 74.2 Å². The Morgan fingerprint density at radius 2 is 2.11 bits per heavy atom. The van der Waals surface area contributed by atoms with E-state index in [2.05, 4.69) is 10.1 Å². The Balaban J connectivity index is 2.01. The Morgan fingerprint density at radius 3 is 2.83 bits per heavy atom. The summed E-state index contributed by atoms with van der Waals surface area (Å²) >= 11 is 0. The molecule has 1 unspecified atom stereocenters. The highest BCUT2D eigenvalue weighted by Crippen LogP contribution is 2.17. The number of nitrogens with two attached hydrogens (primary N) is 1. The van der Waals surface area contributed by atoms with Crippen LogP contribution in [0.1, 0.15) is 29.7 Å². The molecule has 1 aromatic carbocycles. The van der Waals surface area contributed by atoms with E-state index in [0.29, 0.717) is 18.3 Å². The van der Waals surface area contributed by atoms with Gasteiger partial charge in [-0.2, -0.15) is 4.98 Å². The molecule has 0 bridgehead atoms. The van der Waals surface area contributed by atoms with Crippen LogP contribution in [-0.2, 0) is 11.2 Å². The van der Waals surface area contributed by atoms with Gasteiger partial charge in [-0.25, -0.2) is 0 Å². The van der Waals surface area contributed by atoms with Gasteiger partial charge in [0.05, 0.1) is 0 Å². The van der Waals surface area contributed by atoms with E-state index in [1.165, 1.54) is 0 Å². The molecule has 0 fully saturated rings. The molecule has 1 atom stereocenters. The minimum Gasteiger partial charge on any atom is -0.385 e. The largest absolute Gasteiger partial charge is 0.385 e. The fourth-order valence-corrected chi connectivity index (χ4v) is 1.67. The SMILES string of the molecule is COCCCc1noc(C(N)c2ccccc2)n1. The lowest BCUT2D eigenvalue weighted by molar-refractivity contribution is 0.194. The van der Waals surface area contributed by atoms with Crippen LogP contribution in [0.4, 0.5) is 0 Å². The monoisotopic (exact) mass is 247 g/mol. The van der Waals surface area contributed by atoms with E-state index < -0.39 is 0 Å². The average Bonchev–Trinajstić information content (AvgIpc) is 2.88. The molecular weight excluding hydrogens is 230 g/mol. The number of benzene rings is 1. The molecule has 0 aliphatic rings. The maximum atomic E-state index is 6.06. The molecule has 2 aromatic rings. The van der Waals surface area contributed by atoms with Gasteiger partial charge in [-0.15, -0.1) is 0 Å². The van der Waals surface area contributed by atoms with Crippen molar-refractivity contribution in [2.24, 2.45) is 5.73 Å². The maximum absolute atomic E-state index is 6.06. The van der Waals surface area contributed by atoms with Crippen molar-refractivity contribution in [1.82, 2.24) is 10.1 Å². The zero-order valence-electron chi connectivity index (χ0n) is 10.4. The maximum Gasteiger partial charge on any atom is 0.248 e. The third kappa shape index (κ3) is 3.15. The summed E-state index contributed by atoms with van der Waals surface area (Å²) in [4.78, 5) is 4.30. The van der Waals surface area contributed by atoms with Crippen molar-refractivity contribution < 1.29 is 9.26 Å². The zero-order valence-corrected chi connectivity index (χ0v) is 10.4. The fourth-order valence-electron chi connectivity index (χ4n) is 1.67. The smallest absolute Gasteiger partial charge is 0.248 e. The highest BCUT2D eigenvalue weighted by Gasteiger charge is 2.16. The number of rotatable bonds is 6. The van der Waals surface area contributed by atoms with Gasteiger partial charge in [0.25, 0.3) is 0 Å². The Morgan fingerprint density at radius 1 is 1.33 bits per heavy atom. The minimum atomic E-state index is -0.366. The lowest BCUT2D eigenvalue weighted by atomic mass is 10.1. The summed E-state index contributed by atoms with van der Waals surface area (Å²) in [7, 11) is 1.67. The Kier molecular flexibility index (Phi) is 4.44. The van der Waals surface area contributed by atoms with E-state index >= 15 is 0 Å². The van der Waals surface area contributed by atoms with Crippen LogP contribution in [0.25, 0.3) is 0 Å². The molecule has 96 valence electrons. The molecule has 18 heavy (non-hydrogen) atoms. The number of ether oxygens (including phenoxy) is 1. The summed E-state index contributed by atoms with van der Waals surface area (Å²) < 4.78 is 10.2. The third-order valence-corrected chi connectivity index (χ3v) is 2.66. The Bertz CT molecular complexity index is 470. The van der Waals surface area contributed by atoms with Gasteiger partial charge in [-0.05, 0) is 12.0 Å². The molecule has 0 spiro atoms. The van der Waals surface area contributed by atoms with Crippen LogP contribution >= 0.6 is 0 Å². The van der Waals surface area contributed by atoms with Crippen molar-refractivity contribution >= 4 is 0 Å². The Labute approximate surface area is 106 Å². The highest BCUT2D eigenvalue weighted by atomic mass is 16.5. The number of hydrogen-bond acceptors (Lipinski definition) is 5. The molecular formula is C13H17N3O2. The van der Waals surface area contributed by atoms with Gasteiger partial charge in [0.15, 0.2) is 5.82 Å². The highest BCUT2D eigenvalue weighted by molar-refractivity contribution is 5.22. The van der Waals surface area contributed by atoms with E-state index in [0.717, 1.165) is 18.4 Å². The molecule has 0 aliphatic heterocycles. The van der Waals surface area contributed by atoms with Crippen LogP contribution in [0.15, 0.2) is 34.9 Å². The van der Waals surface area contributed by atoms with Crippen molar-refractivity contribution in [3.8, 4) is 0 Å². The first-order chi connectivity index (χ1) is 8.81. The van der Waals surface area contributed by atoms with Gasteiger partial charge in [-0.1, -0.05) is 35.5 Å². The van der Waals surface area contributed by atoms with E-state index in [-0.39, 0.29) is 6.04 Å². The third-order valence-electron chi connectivity index (χ3n) is 2.66. The van der Waals surface area contributed by atoms with Gasteiger partial charge >= 0.3 is 0 Å². The summed E-state index contributed by atoms with van der Waals surface area (Å²) in [5.74, 6) is 1.13. The summed E-state index contributed by atoms with van der Waals surface area (Å²) in [6.45, 7) is 0.689. The molecule has 0 saturated heterocycles. The first kappa shape index (κ1) is 12.7. The molecule has 5 heteroatoms. The van der Waals surface area contributed by atoms with Crippen LogP contribution in [0.5, 0.6) is 0 Å². The van der Waals surface area contributed by atoms with Gasteiger partial charge in [0, 0.05) is 20.1 Å². The number of nitrogens with zero attached hydrogens (tertiary/aromatic N) is 2. The van der Waals surface area contributed by atoms with Crippen LogP contribution < -0.4 is 5.73 Å². The van der Waals surface area contributed by atoms with Crippen molar-refractivity contribution in [2.45, 2.75) is 18.9 Å². The minimum absolute atomic E-state index is 0.366. The number of methoxy groups -OCH3 is 1. The second kappa shape index (κ2) is 6.28. The summed E-state index contributed by atoms with van der Waals surface area (Å²) in [5, 5.41) is 3.91. The number of aryl methyl sites for hydroxylation is 1. The van der Waals surface area contributed by atoms with Crippen LogP contribution in [0, 0.1) is 0 Å². The molecule has 2 N–H and O–H groups in total. The van der Waals surface area contributed by atoms with E-state index in [1.807, 2.05) is 30.3 Å². The molecule has 2 rings (SSSR count). The van der Waals surface area contributed by atoms with Crippen LogP contribution in [-0.4, -0.2) is 23.9 Å². The Hall–Kier alpha value is -1.72. The lowest BCUT2D eigenvalue weighted by Gasteiger charge is -2.05. The quantitative estimate of drug-likeness (QED) is 0.786. The molecule has 1 heterocycles. The molecule has 0 radical (unpaired) electrons. The van der Waals surface area contributed by atoms with Gasteiger partial charge in [0.1, 0.15) is 6.04 Å².